The minimum Gasteiger partial charge on any atom is -0.290 e. The molecule has 2 rings (SSSR count). The van der Waals surface area contributed by atoms with Gasteiger partial charge in [-0.25, -0.2) is 9.97 Å². The predicted molar refractivity (Wildman–Crippen MR) is 65.9 cm³/mol. The third-order valence-corrected chi connectivity index (χ3v) is 2.42. The molecule has 0 aliphatic rings. The molecule has 1 amide bonds. The van der Waals surface area contributed by atoms with Crippen LogP contribution in [0.5, 0.6) is 0 Å². The normalized spacial score (nSPS) is 10.0. The van der Waals surface area contributed by atoms with E-state index in [0.29, 0.717) is 11.5 Å². The lowest BCUT2D eigenvalue weighted by atomic mass is 10.1. The molecule has 0 saturated carbocycles. The van der Waals surface area contributed by atoms with Gasteiger partial charge in [0.05, 0.1) is 0 Å². The molecule has 0 spiro atoms. The molecule has 1 aromatic heterocycles. The maximum atomic E-state index is 12.0. The van der Waals surface area contributed by atoms with E-state index in [1.165, 1.54) is 0 Å². The summed E-state index contributed by atoms with van der Waals surface area (Å²) in [5.74, 6) is 0.131. The Morgan fingerprint density at radius 3 is 2.53 bits per heavy atom. The Kier molecular flexibility index (Phi) is 3.14. The van der Waals surface area contributed by atoms with Crippen LogP contribution < -0.4 is 5.32 Å². The van der Waals surface area contributed by atoms with Crippen molar-refractivity contribution in [1.82, 2.24) is 9.97 Å². The van der Waals surface area contributed by atoms with Crippen LogP contribution in [-0.4, -0.2) is 15.9 Å². The first-order valence-electron chi connectivity index (χ1n) is 5.32. The van der Waals surface area contributed by atoms with Crippen molar-refractivity contribution in [3.05, 3.63) is 53.3 Å². The van der Waals surface area contributed by atoms with Gasteiger partial charge >= 0.3 is 0 Å². The Hall–Kier alpha value is -2.23. The molecule has 0 radical (unpaired) electrons. The highest BCUT2D eigenvalue weighted by atomic mass is 16.1. The van der Waals surface area contributed by atoms with E-state index in [4.69, 9.17) is 0 Å². The Labute approximate surface area is 99.7 Å². The van der Waals surface area contributed by atoms with E-state index in [0.717, 1.165) is 11.1 Å². The van der Waals surface area contributed by atoms with Crippen molar-refractivity contribution in [2.24, 2.45) is 0 Å². The second-order valence-corrected chi connectivity index (χ2v) is 3.84. The molecule has 1 N–H and O–H groups in total. The fourth-order valence-corrected chi connectivity index (χ4v) is 1.60. The van der Waals surface area contributed by atoms with Gasteiger partial charge in [-0.3, -0.25) is 10.1 Å². The van der Waals surface area contributed by atoms with E-state index in [2.05, 4.69) is 15.3 Å². The average Bonchev–Trinajstić information content (AvgIpc) is 2.30. The summed E-state index contributed by atoms with van der Waals surface area (Å²) in [6.45, 7) is 3.91. The fraction of sp³-hybridized carbons (Fsp3) is 0.154. The Bertz CT molecular complexity index is 538. The van der Waals surface area contributed by atoms with Crippen LogP contribution >= 0.6 is 0 Å². The van der Waals surface area contributed by atoms with Gasteiger partial charge < -0.3 is 0 Å². The molecule has 4 nitrogen and oxygen atoms in total. The topological polar surface area (TPSA) is 54.9 Å². The Balaban J connectivity index is 2.21. The lowest BCUT2D eigenvalue weighted by Gasteiger charge is -2.06. The minimum atomic E-state index is -0.186. The van der Waals surface area contributed by atoms with Gasteiger partial charge in [0, 0.05) is 18.0 Å². The summed E-state index contributed by atoms with van der Waals surface area (Å²) >= 11 is 0. The molecule has 0 aliphatic heterocycles. The standard InChI is InChI=1S/C13H13N3O/c1-9-4-5-11(10(2)8-9)12(17)16-13-14-6-3-7-15-13/h3-8H,1-2H3,(H,14,15,16,17). The molecule has 1 aromatic carbocycles. The summed E-state index contributed by atoms with van der Waals surface area (Å²) in [4.78, 5) is 19.9. The molecule has 4 heteroatoms. The van der Waals surface area contributed by atoms with Gasteiger partial charge in [-0.2, -0.15) is 0 Å². The molecular formula is C13H13N3O. The number of nitrogens with one attached hydrogen (secondary N) is 1. The quantitative estimate of drug-likeness (QED) is 0.856. The maximum Gasteiger partial charge on any atom is 0.258 e. The van der Waals surface area contributed by atoms with Crippen LogP contribution in [0, 0.1) is 13.8 Å². The summed E-state index contributed by atoms with van der Waals surface area (Å²) < 4.78 is 0. The van der Waals surface area contributed by atoms with Crippen molar-refractivity contribution < 1.29 is 4.79 Å². The van der Waals surface area contributed by atoms with Crippen LogP contribution in [0.3, 0.4) is 0 Å². The first kappa shape index (κ1) is 11.3. The smallest absolute Gasteiger partial charge is 0.258 e. The number of carbonyl (C=O) groups excluding carboxylic acids is 1. The van der Waals surface area contributed by atoms with Crippen LogP contribution in [0.25, 0.3) is 0 Å². The Morgan fingerprint density at radius 2 is 1.88 bits per heavy atom. The van der Waals surface area contributed by atoms with Crippen molar-refractivity contribution >= 4 is 11.9 Å². The zero-order chi connectivity index (χ0) is 12.3. The number of amides is 1. The lowest BCUT2D eigenvalue weighted by molar-refractivity contribution is 0.102. The lowest BCUT2D eigenvalue weighted by Crippen LogP contribution is -2.15. The highest BCUT2D eigenvalue weighted by Crippen LogP contribution is 2.11. The second kappa shape index (κ2) is 4.74. The van der Waals surface area contributed by atoms with Gasteiger partial charge in [0.15, 0.2) is 0 Å². The van der Waals surface area contributed by atoms with Crippen molar-refractivity contribution in [3.8, 4) is 0 Å². The van der Waals surface area contributed by atoms with E-state index < -0.39 is 0 Å². The molecule has 17 heavy (non-hydrogen) atoms. The van der Waals surface area contributed by atoms with E-state index in [-0.39, 0.29) is 5.91 Å². The molecule has 1 heterocycles. The van der Waals surface area contributed by atoms with Crippen LogP contribution in [0.1, 0.15) is 21.5 Å². The van der Waals surface area contributed by atoms with Crippen LogP contribution in [0.2, 0.25) is 0 Å². The molecule has 0 fully saturated rings. The molecule has 2 aromatic rings. The van der Waals surface area contributed by atoms with Crippen LogP contribution in [-0.2, 0) is 0 Å². The van der Waals surface area contributed by atoms with E-state index in [9.17, 15) is 4.79 Å². The SMILES string of the molecule is Cc1ccc(C(=O)Nc2ncccn2)c(C)c1. The van der Waals surface area contributed by atoms with E-state index in [1.54, 1.807) is 18.5 Å². The predicted octanol–water partition coefficient (Wildman–Crippen LogP) is 2.35. The number of aryl methyl sites for hydroxylation is 2. The largest absolute Gasteiger partial charge is 0.290 e. The molecule has 0 saturated heterocycles. The summed E-state index contributed by atoms with van der Waals surface area (Å²) in [7, 11) is 0. The fourth-order valence-electron chi connectivity index (χ4n) is 1.60. The zero-order valence-corrected chi connectivity index (χ0v) is 9.77. The van der Waals surface area contributed by atoms with Crippen molar-refractivity contribution in [2.75, 3.05) is 5.32 Å². The highest BCUT2D eigenvalue weighted by molar-refractivity contribution is 6.04. The number of carbonyl (C=O) groups is 1. The van der Waals surface area contributed by atoms with Gasteiger partial charge in [-0.15, -0.1) is 0 Å². The zero-order valence-electron chi connectivity index (χ0n) is 9.77. The van der Waals surface area contributed by atoms with Gasteiger partial charge in [-0.1, -0.05) is 17.7 Å². The molecule has 0 atom stereocenters. The number of hydrogen-bond acceptors (Lipinski definition) is 3. The third kappa shape index (κ3) is 2.66. The third-order valence-electron chi connectivity index (χ3n) is 2.42. The molecule has 0 unspecified atom stereocenters. The van der Waals surface area contributed by atoms with Crippen molar-refractivity contribution in [3.63, 3.8) is 0 Å². The first-order valence-corrected chi connectivity index (χ1v) is 5.32. The maximum absolute atomic E-state index is 12.0. The summed E-state index contributed by atoms with van der Waals surface area (Å²) in [6.07, 6.45) is 3.18. The molecular weight excluding hydrogens is 214 g/mol. The molecule has 86 valence electrons. The van der Waals surface area contributed by atoms with Gasteiger partial charge in [0.25, 0.3) is 5.91 Å². The highest BCUT2D eigenvalue weighted by Gasteiger charge is 2.09. The summed E-state index contributed by atoms with van der Waals surface area (Å²) in [5, 5.41) is 2.66. The number of nitrogens with zero attached hydrogens (tertiary/aromatic N) is 2. The number of anilines is 1. The second-order valence-electron chi connectivity index (χ2n) is 3.84. The number of benzene rings is 1. The number of rotatable bonds is 2. The average molecular weight is 227 g/mol. The van der Waals surface area contributed by atoms with E-state index in [1.807, 2.05) is 32.0 Å². The van der Waals surface area contributed by atoms with Crippen molar-refractivity contribution in [2.45, 2.75) is 13.8 Å². The first-order chi connectivity index (χ1) is 8.16. The monoisotopic (exact) mass is 227 g/mol. The van der Waals surface area contributed by atoms with Gasteiger partial charge in [0.1, 0.15) is 0 Å². The summed E-state index contributed by atoms with van der Waals surface area (Å²) in [5.41, 5.74) is 2.72. The summed E-state index contributed by atoms with van der Waals surface area (Å²) in [6, 6.07) is 7.39. The number of aromatic nitrogens is 2. The van der Waals surface area contributed by atoms with E-state index >= 15 is 0 Å². The minimum absolute atomic E-state index is 0.186. The van der Waals surface area contributed by atoms with Gasteiger partial charge in [-0.05, 0) is 31.5 Å². The van der Waals surface area contributed by atoms with Crippen molar-refractivity contribution in [1.29, 1.82) is 0 Å². The molecule has 0 bridgehead atoms. The van der Waals surface area contributed by atoms with Gasteiger partial charge in [0.2, 0.25) is 5.95 Å². The van der Waals surface area contributed by atoms with Crippen LogP contribution in [0.4, 0.5) is 5.95 Å². The molecule has 0 aliphatic carbocycles. The number of hydrogen-bond donors (Lipinski definition) is 1. The Morgan fingerprint density at radius 1 is 1.18 bits per heavy atom. The van der Waals surface area contributed by atoms with Crippen LogP contribution in [0.15, 0.2) is 36.7 Å².